The maximum atomic E-state index is 3.84. The lowest BCUT2D eigenvalue weighted by Crippen LogP contribution is -2.50. The minimum atomic E-state index is 0.720. The minimum Gasteiger partial charge on any atom is -0.314 e. The van der Waals surface area contributed by atoms with Crippen molar-refractivity contribution in [2.75, 3.05) is 32.1 Å². The fraction of sp³-hybridized carbons (Fsp3) is 1.00. The van der Waals surface area contributed by atoms with Crippen molar-refractivity contribution in [1.82, 2.24) is 10.2 Å². The molecular formula is C18H38N2S. The zero-order valence-corrected chi connectivity index (χ0v) is 16.0. The molecule has 3 heteroatoms. The van der Waals surface area contributed by atoms with Crippen LogP contribution in [-0.4, -0.2) is 49.1 Å². The van der Waals surface area contributed by atoms with Gasteiger partial charge < -0.3 is 10.2 Å². The number of rotatable bonds is 9. The van der Waals surface area contributed by atoms with Crippen LogP contribution >= 0.6 is 11.8 Å². The first-order valence-electron chi connectivity index (χ1n) is 8.95. The van der Waals surface area contributed by atoms with Gasteiger partial charge in [0.15, 0.2) is 0 Å². The zero-order chi connectivity index (χ0) is 15.8. The third-order valence-corrected chi connectivity index (χ3v) is 6.01. The molecular weight excluding hydrogens is 276 g/mol. The van der Waals surface area contributed by atoms with E-state index in [4.69, 9.17) is 0 Å². The van der Waals surface area contributed by atoms with E-state index in [1.807, 2.05) is 11.8 Å². The maximum absolute atomic E-state index is 3.84. The summed E-state index contributed by atoms with van der Waals surface area (Å²) in [5, 5.41) is 3.84. The monoisotopic (exact) mass is 314 g/mol. The summed E-state index contributed by atoms with van der Waals surface area (Å²) in [4.78, 5) is 2.63. The molecule has 21 heavy (non-hydrogen) atoms. The minimum absolute atomic E-state index is 0.720. The molecule has 1 aliphatic carbocycles. The number of nitrogens with zero attached hydrogens (tertiary/aromatic N) is 1. The third kappa shape index (κ3) is 6.11. The highest BCUT2D eigenvalue weighted by atomic mass is 32.2. The van der Waals surface area contributed by atoms with Gasteiger partial charge in [-0.1, -0.05) is 27.7 Å². The van der Waals surface area contributed by atoms with Crippen molar-refractivity contribution in [3.05, 3.63) is 0 Å². The quantitative estimate of drug-likeness (QED) is 0.689. The largest absolute Gasteiger partial charge is 0.314 e. The summed E-state index contributed by atoms with van der Waals surface area (Å²) in [6.07, 6.45) is 7.51. The SMILES string of the molecule is CCCNC1CC(C)CC(C)C1CN(C)C(CC)CSC. The van der Waals surface area contributed by atoms with Gasteiger partial charge in [0, 0.05) is 24.4 Å². The van der Waals surface area contributed by atoms with Crippen LogP contribution in [-0.2, 0) is 0 Å². The fourth-order valence-electron chi connectivity index (χ4n) is 4.01. The van der Waals surface area contributed by atoms with E-state index in [0.29, 0.717) is 0 Å². The average molecular weight is 315 g/mol. The lowest BCUT2D eigenvalue weighted by atomic mass is 9.72. The first-order valence-corrected chi connectivity index (χ1v) is 10.3. The van der Waals surface area contributed by atoms with E-state index in [0.717, 1.165) is 29.8 Å². The van der Waals surface area contributed by atoms with E-state index in [2.05, 4.69) is 51.2 Å². The van der Waals surface area contributed by atoms with E-state index in [9.17, 15) is 0 Å². The van der Waals surface area contributed by atoms with Crippen LogP contribution < -0.4 is 5.32 Å². The number of hydrogen-bond acceptors (Lipinski definition) is 3. The molecule has 0 aromatic rings. The molecule has 0 aromatic carbocycles. The zero-order valence-electron chi connectivity index (χ0n) is 15.2. The lowest BCUT2D eigenvalue weighted by Gasteiger charge is -2.43. The van der Waals surface area contributed by atoms with Crippen molar-refractivity contribution in [2.45, 2.75) is 65.5 Å². The Bertz CT molecular complexity index is 272. The van der Waals surface area contributed by atoms with E-state index < -0.39 is 0 Å². The molecule has 1 rings (SSSR count). The van der Waals surface area contributed by atoms with Gasteiger partial charge in [-0.2, -0.15) is 11.8 Å². The van der Waals surface area contributed by atoms with Gasteiger partial charge in [-0.3, -0.25) is 0 Å². The van der Waals surface area contributed by atoms with Crippen molar-refractivity contribution < 1.29 is 0 Å². The molecule has 0 amide bonds. The molecule has 0 spiro atoms. The van der Waals surface area contributed by atoms with Crippen LogP contribution in [0.25, 0.3) is 0 Å². The summed E-state index contributed by atoms with van der Waals surface area (Å²) in [5.41, 5.74) is 0. The molecule has 1 saturated carbocycles. The molecule has 1 N–H and O–H groups in total. The van der Waals surface area contributed by atoms with Gasteiger partial charge in [0.2, 0.25) is 0 Å². The highest BCUT2D eigenvalue weighted by molar-refractivity contribution is 7.98. The first kappa shape index (κ1) is 19.3. The highest BCUT2D eigenvalue weighted by Gasteiger charge is 2.34. The molecule has 0 saturated heterocycles. The number of hydrogen-bond donors (Lipinski definition) is 1. The van der Waals surface area contributed by atoms with Crippen LogP contribution in [0.5, 0.6) is 0 Å². The summed E-state index contributed by atoms with van der Waals surface area (Å²) in [7, 11) is 2.34. The Hall–Kier alpha value is 0.270. The summed E-state index contributed by atoms with van der Waals surface area (Å²) < 4.78 is 0. The average Bonchev–Trinajstić information content (AvgIpc) is 2.45. The molecule has 1 fully saturated rings. The molecule has 0 heterocycles. The van der Waals surface area contributed by atoms with Crippen LogP contribution in [0.15, 0.2) is 0 Å². The van der Waals surface area contributed by atoms with Gasteiger partial charge in [0.1, 0.15) is 0 Å². The Morgan fingerprint density at radius 3 is 2.52 bits per heavy atom. The summed E-state index contributed by atoms with van der Waals surface area (Å²) in [6.45, 7) is 11.9. The van der Waals surface area contributed by atoms with Gasteiger partial charge in [-0.05, 0) is 63.3 Å². The summed E-state index contributed by atoms with van der Waals surface area (Å²) >= 11 is 1.98. The standard InChI is InChI=1S/C18H38N2S/c1-7-9-19-18-11-14(3)10-15(4)17(18)12-20(5)16(8-2)13-21-6/h14-19H,7-13H2,1-6H3. The Morgan fingerprint density at radius 1 is 1.24 bits per heavy atom. The van der Waals surface area contributed by atoms with Crippen molar-refractivity contribution in [1.29, 1.82) is 0 Å². The molecule has 0 aliphatic heterocycles. The van der Waals surface area contributed by atoms with Gasteiger partial charge in [-0.25, -0.2) is 0 Å². The van der Waals surface area contributed by atoms with Crippen LogP contribution in [0.2, 0.25) is 0 Å². The number of thioether (sulfide) groups is 1. The normalized spacial score (nSPS) is 31.6. The summed E-state index contributed by atoms with van der Waals surface area (Å²) in [6, 6.07) is 1.45. The van der Waals surface area contributed by atoms with Crippen molar-refractivity contribution in [3.8, 4) is 0 Å². The molecule has 5 unspecified atom stereocenters. The first-order chi connectivity index (χ1) is 10.0. The van der Waals surface area contributed by atoms with Gasteiger partial charge in [0.25, 0.3) is 0 Å². The third-order valence-electron chi connectivity index (χ3n) is 5.29. The smallest absolute Gasteiger partial charge is 0.0180 e. The molecule has 2 nitrogen and oxygen atoms in total. The lowest BCUT2D eigenvalue weighted by molar-refractivity contribution is 0.0972. The van der Waals surface area contributed by atoms with Crippen LogP contribution in [0, 0.1) is 17.8 Å². The van der Waals surface area contributed by atoms with Gasteiger partial charge >= 0.3 is 0 Å². The highest BCUT2D eigenvalue weighted by Crippen LogP contribution is 2.34. The molecule has 1 aliphatic rings. The second kappa shape index (κ2) is 10.1. The molecule has 126 valence electrons. The molecule has 0 radical (unpaired) electrons. The van der Waals surface area contributed by atoms with Crippen LogP contribution in [0.3, 0.4) is 0 Å². The number of nitrogens with one attached hydrogen (secondary N) is 1. The van der Waals surface area contributed by atoms with Gasteiger partial charge in [-0.15, -0.1) is 0 Å². The van der Waals surface area contributed by atoms with E-state index in [1.165, 1.54) is 44.5 Å². The Morgan fingerprint density at radius 2 is 1.95 bits per heavy atom. The van der Waals surface area contributed by atoms with Crippen molar-refractivity contribution in [2.24, 2.45) is 17.8 Å². The predicted molar refractivity (Wildman–Crippen MR) is 98.2 cm³/mol. The Balaban J connectivity index is 2.65. The van der Waals surface area contributed by atoms with E-state index >= 15 is 0 Å². The van der Waals surface area contributed by atoms with Crippen LogP contribution in [0.1, 0.15) is 53.4 Å². The molecule has 0 aromatic heterocycles. The van der Waals surface area contributed by atoms with E-state index in [1.54, 1.807) is 0 Å². The maximum Gasteiger partial charge on any atom is 0.0180 e. The van der Waals surface area contributed by atoms with Crippen molar-refractivity contribution in [3.63, 3.8) is 0 Å². The van der Waals surface area contributed by atoms with Crippen LogP contribution in [0.4, 0.5) is 0 Å². The molecule has 0 bridgehead atoms. The molecule has 5 atom stereocenters. The fourth-order valence-corrected chi connectivity index (χ4v) is 4.89. The van der Waals surface area contributed by atoms with E-state index in [-0.39, 0.29) is 0 Å². The second-order valence-electron chi connectivity index (χ2n) is 7.24. The van der Waals surface area contributed by atoms with Gasteiger partial charge in [0.05, 0.1) is 0 Å². The topological polar surface area (TPSA) is 15.3 Å². The Labute approximate surface area is 137 Å². The Kier molecular flexibility index (Phi) is 9.31. The summed E-state index contributed by atoms with van der Waals surface area (Å²) in [5.74, 6) is 3.80. The second-order valence-corrected chi connectivity index (χ2v) is 8.15. The van der Waals surface area contributed by atoms with Crippen molar-refractivity contribution >= 4 is 11.8 Å². The predicted octanol–water partition coefficient (Wildman–Crippen LogP) is 4.11.